The van der Waals surface area contributed by atoms with Crippen molar-refractivity contribution in [3.63, 3.8) is 0 Å². The van der Waals surface area contributed by atoms with Gasteiger partial charge >= 0.3 is 0 Å². The second kappa shape index (κ2) is 3.78. The van der Waals surface area contributed by atoms with Crippen LogP contribution in [0, 0.1) is 0 Å². The van der Waals surface area contributed by atoms with Crippen molar-refractivity contribution in [3.05, 3.63) is 28.9 Å². The normalized spacial score (nSPS) is 11.3. The Morgan fingerprint density at radius 3 is 2.67 bits per heavy atom. The van der Waals surface area contributed by atoms with Crippen molar-refractivity contribution in [1.82, 2.24) is 4.98 Å². The minimum absolute atomic E-state index is 0.399. The van der Waals surface area contributed by atoms with E-state index < -0.39 is 0 Å². The highest BCUT2D eigenvalue weighted by atomic mass is 35.5. The van der Waals surface area contributed by atoms with Crippen molar-refractivity contribution in [2.24, 2.45) is 0 Å². The number of hydrogen-bond acceptors (Lipinski definition) is 1. The van der Waals surface area contributed by atoms with Gasteiger partial charge in [0, 0.05) is 17.1 Å². The summed E-state index contributed by atoms with van der Waals surface area (Å²) in [5.41, 5.74) is 2.11. The van der Waals surface area contributed by atoms with Crippen molar-refractivity contribution < 1.29 is 4.74 Å². The van der Waals surface area contributed by atoms with E-state index in [0.717, 1.165) is 27.4 Å². The van der Waals surface area contributed by atoms with E-state index in [1.54, 1.807) is 7.11 Å². The van der Waals surface area contributed by atoms with Crippen LogP contribution in [0.1, 0.15) is 25.5 Å². The fraction of sp³-hybridized carbons (Fsp3) is 0.333. The van der Waals surface area contributed by atoms with E-state index in [9.17, 15) is 0 Å². The summed E-state index contributed by atoms with van der Waals surface area (Å²) < 4.78 is 5.17. The number of benzene rings is 1. The van der Waals surface area contributed by atoms with E-state index in [1.165, 1.54) is 0 Å². The SMILES string of the molecule is COc1ccc2c(Cl)c(C(C)C)[nH]c2c1. The van der Waals surface area contributed by atoms with Gasteiger partial charge < -0.3 is 9.72 Å². The third-order valence-electron chi connectivity index (χ3n) is 2.55. The predicted molar refractivity (Wildman–Crippen MR) is 63.9 cm³/mol. The lowest BCUT2D eigenvalue weighted by Gasteiger charge is -2.00. The average molecular weight is 224 g/mol. The van der Waals surface area contributed by atoms with Gasteiger partial charge in [0.05, 0.1) is 17.6 Å². The molecule has 1 heterocycles. The Bertz CT molecular complexity index is 488. The van der Waals surface area contributed by atoms with Gasteiger partial charge in [-0.15, -0.1) is 0 Å². The van der Waals surface area contributed by atoms with Gasteiger partial charge in [0.25, 0.3) is 0 Å². The van der Waals surface area contributed by atoms with E-state index >= 15 is 0 Å². The number of fused-ring (bicyclic) bond motifs is 1. The standard InChI is InChI=1S/C12H14ClNO/c1-7(2)12-11(13)9-5-4-8(15-3)6-10(9)14-12/h4-7,14H,1-3H3. The molecule has 0 aliphatic heterocycles. The molecule has 0 aliphatic carbocycles. The lowest BCUT2D eigenvalue weighted by molar-refractivity contribution is 0.415. The lowest BCUT2D eigenvalue weighted by Crippen LogP contribution is -1.86. The van der Waals surface area contributed by atoms with Crippen LogP contribution in [0.5, 0.6) is 5.75 Å². The first-order valence-electron chi connectivity index (χ1n) is 4.98. The maximum Gasteiger partial charge on any atom is 0.120 e. The Balaban J connectivity index is 2.65. The lowest BCUT2D eigenvalue weighted by atomic mass is 10.1. The van der Waals surface area contributed by atoms with Gasteiger partial charge in [0.15, 0.2) is 0 Å². The summed E-state index contributed by atoms with van der Waals surface area (Å²) in [5.74, 6) is 1.24. The molecule has 0 radical (unpaired) electrons. The first-order chi connectivity index (χ1) is 7.13. The summed E-state index contributed by atoms with van der Waals surface area (Å²) >= 11 is 6.28. The number of methoxy groups -OCH3 is 1. The minimum atomic E-state index is 0.399. The van der Waals surface area contributed by atoms with Crippen molar-refractivity contribution in [2.75, 3.05) is 7.11 Å². The Hall–Kier alpha value is -1.15. The molecule has 0 amide bonds. The van der Waals surface area contributed by atoms with Crippen LogP contribution in [0.25, 0.3) is 10.9 Å². The van der Waals surface area contributed by atoms with Gasteiger partial charge in [-0.1, -0.05) is 25.4 Å². The second-order valence-electron chi connectivity index (χ2n) is 3.92. The summed E-state index contributed by atoms with van der Waals surface area (Å²) in [5, 5.41) is 1.88. The van der Waals surface area contributed by atoms with E-state index in [0.29, 0.717) is 5.92 Å². The largest absolute Gasteiger partial charge is 0.497 e. The Morgan fingerprint density at radius 2 is 2.07 bits per heavy atom. The van der Waals surface area contributed by atoms with Gasteiger partial charge in [-0.25, -0.2) is 0 Å². The van der Waals surface area contributed by atoms with Gasteiger partial charge in [-0.2, -0.15) is 0 Å². The summed E-state index contributed by atoms with van der Waals surface area (Å²) in [6.45, 7) is 4.24. The topological polar surface area (TPSA) is 25.0 Å². The van der Waals surface area contributed by atoms with E-state index in [-0.39, 0.29) is 0 Å². The second-order valence-corrected chi connectivity index (χ2v) is 4.30. The molecule has 1 N–H and O–H groups in total. The highest BCUT2D eigenvalue weighted by Gasteiger charge is 2.12. The monoisotopic (exact) mass is 223 g/mol. The van der Waals surface area contributed by atoms with Crippen LogP contribution in [-0.4, -0.2) is 12.1 Å². The molecule has 3 heteroatoms. The molecular formula is C12H14ClNO. The summed E-state index contributed by atoms with van der Waals surface area (Å²) in [6, 6.07) is 5.87. The fourth-order valence-corrected chi connectivity index (χ4v) is 2.12. The number of H-pyrrole nitrogens is 1. The summed E-state index contributed by atoms with van der Waals surface area (Å²) in [7, 11) is 1.66. The van der Waals surface area contributed by atoms with Crippen LogP contribution >= 0.6 is 11.6 Å². The van der Waals surface area contributed by atoms with Crippen molar-refractivity contribution >= 4 is 22.5 Å². The smallest absolute Gasteiger partial charge is 0.120 e. The Labute approximate surface area is 94.2 Å². The average Bonchev–Trinajstić information content (AvgIpc) is 2.55. The number of rotatable bonds is 2. The fourth-order valence-electron chi connectivity index (χ4n) is 1.69. The van der Waals surface area contributed by atoms with Crippen LogP contribution in [0.3, 0.4) is 0 Å². The Morgan fingerprint density at radius 1 is 1.33 bits per heavy atom. The van der Waals surface area contributed by atoms with E-state index in [4.69, 9.17) is 16.3 Å². The molecule has 2 rings (SSSR count). The molecule has 0 fully saturated rings. The molecule has 0 aliphatic rings. The zero-order chi connectivity index (χ0) is 11.0. The van der Waals surface area contributed by atoms with Gasteiger partial charge in [0.2, 0.25) is 0 Å². The first kappa shape index (κ1) is 10.4. The summed E-state index contributed by atoms with van der Waals surface area (Å²) in [4.78, 5) is 3.33. The maximum absolute atomic E-state index is 6.28. The third-order valence-corrected chi connectivity index (χ3v) is 2.95. The molecule has 0 saturated carbocycles. The van der Waals surface area contributed by atoms with Crippen molar-refractivity contribution in [1.29, 1.82) is 0 Å². The molecule has 0 bridgehead atoms. The van der Waals surface area contributed by atoms with Gasteiger partial charge in [0.1, 0.15) is 5.75 Å². The zero-order valence-corrected chi connectivity index (χ0v) is 9.85. The van der Waals surface area contributed by atoms with Crippen LogP contribution < -0.4 is 4.74 Å². The molecule has 1 aromatic heterocycles. The number of ether oxygens (including phenoxy) is 1. The number of halogens is 1. The highest BCUT2D eigenvalue weighted by Crippen LogP contribution is 2.33. The number of hydrogen-bond donors (Lipinski definition) is 1. The number of aromatic amines is 1. The van der Waals surface area contributed by atoms with Crippen LogP contribution in [0.2, 0.25) is 5.02 Å². The summed E-state index contributed by atoms with van der Waals surface area (Å²) in [6.07, 6.45) is 0. The number of nitrogens with one attached hydrogen (secondary N) is 1. The molecule has 2 nitrogen and oxygen atoms in total. The highest BCUT2D eigenvalue weighted by molar-refractivity contribution is 6.36. The van der Waals surface area contributed by atoms with Gasteiger partial charge in [-0.05, 0) is 18.1 Å². The van der Waals surface area contributed by atoms with Gasteiger partial charge in [-0.3, -0.25) is 0 Å². The maximum atomic E-state index is 6.28. The molecule has 2 aromatic rings. The molecule has 0 spiro atoms. The van der Waals surface area contributed by atoms with Crippen LogP contribution in [-0.2, 0) is 0 Å². The van der Waals surface area contributed by atoms with Crippen molar-refractivity contribution in [2.45, 2.75) is 19.8 Å². The van der Waals surface area contributed by atoms with Crippen molar-refractivity contribution in [3.8, 4) is 5.75 Å². The molecular weight excluding hydrogens is 210 g/mol. The third kappa shape index (κ3) is 1.70. The van der Waals surface area contributed by atoms with E-state index in [1.807, 2.05) is 18.2 Å². The molecule has 0 unspecified atom stereocenters. The van der Waals surface area contributed by atoms with E-state index in [2.05, 4.69) is 18.8 Å². The van der Waals surface area contributed by atoms with Crippen LogP contribution in [0.4, 0.5) is 0 Å². The number of aromatic nitrogens is 1. The minimum Gasteiger partial charge on any atom is -0.497 e. The predicted octanol–water partition coefficient (Wildman–Crippen LogP) is 3.95. The molecule has 0 atom stereocenters. The Kier molecular flexibility index (Phi) is 2.61. The first-order valence-corrected chi connectivity index (χ1v) is 5.36. The molecule has 0 saturated heterocycles. The zero-order valence-electron chi connectivity index (χ0n) is 9.10. The molecule has 1 aromatic carbocycles. The molecule has 80 valence electrons. The quantitative estimate of drug-likeness (QED) is 0.819. The van der Waals surface area contributed by atoms with Crippen LogP contribution in [0.15, 0.2) is 18.2 Å². The molecule has 15 heavy (non-hydrogen) atoms.